The summed E-state index contributed by atoms with van der Waals surface area (Å²) in [5.41, 5.74) is 0.908. The Morgan fingerprint density at radius 3 is 2.83 bits per heavy atom. The zero-order valence-electron chi connectivity index (χ0n) is 6.69. The molecule has 0 saturated carbocycles. The second kappa shape index (κ2) is 2.77. The average molecular weight is 160 g/mol. The summed E-state index contributed by atoms with van der Waals surface area (Å²) in [5.74, 6) is 1.44. The SMILES string of the molecule is Cc1cnc(-c2cccnc2)o1. The summed E-state index contributed by atoms with van der Waals surface area (Å²) in [5, 5.41) is 0. The molecule has 2 aromatic heterocycles. The van der Waals surface area contributed by atoms with Crippen LogP contribution < -0.4 is 0 Å². The van der Waals surface area contributed by atoms with Crippen molar-refractivity contribution in [2.45, 2.75) is 6.92 Å². The summed E-state index contributed by atoms with van der Waals surface area (Å²) in [6.07, 6.45) is 5.15. The molecule has 0 aliphatic rings. The van der Waals surface area contributed by atoms with Crippen LogP contribution >= 0.6 is 0 Å². The van der Waals surface area contributed by atoms with Crippen LogP contribution in [0.5, 0.6) is 0 Å². The zero-order valence-corrected chi connectivity index (χ0v) is 6.69. The van der Waals surface area contributed by atoms with E-state index in [1.54, 1.807) is 18.6 Å². The van der Waals surface area contributed by atoms with Gasteiger partial charge >= 0.3 is 0 Å². The van der Waals surface area contributed by atoms with Gasteiger partial charge in [-0.1, -0.05) is 0 Å². The zero-order chi connectivity index (χ0) is 8.39. The van der Waals surface area contributed by atoms with E-state index in [0.717, 1.165) is 11.3 Å². The molecule has 0 fully saturated rings. The summed E-state index contributed by atoms with van der Waals surface area (Å²) in [6, 6.07) is 3.77. The van der Waals surface area contributed by atoms with Crippen LogP contribution in [0.15, 0.2) is 35.1 Å². The van der Waals surface area contributed by atoms with Gasteiger partial charge in [0.2, 0.25) is 5.89 Å². The fourth-order valence-electron chi connectivity index (χ4n) is 0.977. The summed E-state index contributed by atoms with van der Waals surface area (Å²) in [4.78, 5) is 8.05. The molecule has 2 aromatic rings. The van der Waals surface area contributed by atoms with E-state index in [1.165, 1.54) is 0 Å². The molecule has 60 valence electrons. The maximum absolute atomic E-state index is 5.32. The Morgan fingerprint density at radius 2 is 2.25 bits per heavy atom. The first-order chi connectivity index (χ1) is 5.86. The van der Waals surface area contributed by atoms with Crippen molar-refractivity contribution >= 4 is 0 Å². The molecule has 0 bridgehead atoms. The van der Waals surface area contributed by atoms with Gasteiger partial charge in [0.1, 0.15) is 5.76 Å². The van der Waals surface area contributed by atoms with Gasteiger partial charge in [0, 0.05) is 12.4 Å². The lowest BCUT2D eigenvalue weighted by molar-refractivity contribution is 0.542. The molecule has 0 radical (unpaired) electrons. The van der Waals surface area contributed by atoms with Crippen molar-refractivity contribution in [1.29, 1.82) is 0 Å². The van der Waals surface area contributed by atoms with Crippen LogP contribution in [0.1, 0.15) is 5.76 Å². The number of hydrogen-bond donors (Lipinski definition) is 0. The van der Waals surface area contributed by atoms with E-state index >= 15 is 0 Å². The van der Waals surface area contributed by atoms with Gasteiger partial charge in [-0.25, -0.2) is 4.98 Å². The van der Waals surface area contributed by atoms with Gasteiger partial charge in [0.05, 0.1) is 11.8 Å². The van der Waals surface area contributed by atoms with Gasteiger partial charge in [0.25, 0.3) is 0 Å². The number of rotatable bonds is 1. The standard InChI is InChI=1S/C9H8N2O/c1-7-5-11-9(12-7)8-3-2-4-10-6-8/h2-6H,1H3. The van der Waals surface area contributed by atoms with Gasteiger partial charge in [-0.3, -0.25) is 4.98 Å². The minimum Gasteiger partial charge on any atom is -0.441 e. The first kappa shape index (κ1) is 7.03. The highest BCUT2D eigenvalue weighted by Crippen LogP contribution is 2.16. The van der Waals surface area contributed by atoms with Crippen molar-refractivity contribution in [2.75, 3.05) is 0 Å². The Bertz CT molecular complexity index is 367. The Morgan fingerprint density at radius 1 is 1.33 bits per heavy atom. The predicted molar refractivity (Wildman–Crippen MR) is 44.5 cm³/mol. The van der Waals surface area contributed by atoms with E-state index < -0.39 is 0 Å². The van der Waals surface area contributed by atoms with E-state index in [-0.39, 0.29) is 0 Å². The van der Waals surface area contributed by atoms with Gasteiger partial charge in [-0.2, -0.15) is 0 Å². The van der Waals surface area contributed by atoms with E-state index in [2.05, 4.69) is 9.97 Å². The summed E-state index contributed by atoms with van der Waals surface area (Å²) in [6.45, 7) is 1.87. The number of hydrogen-bond acceptors (Lipinski definition) is 3. The van der Waals surface area contributed by atoms with E-state index in [0.29, 0.717) is 5.89 Å². The van der Waals surface area contributed by atoms with Crippen molar-refractivity contribution in [3.8, 4) is 11.5 Å². The lowest BCUT2D eigenvalue weighted by Crippen LogP contribution is -1.76. The molecule has 0 aromatic carbocycles. The third-order valence-corrected chi connectivity index (χ3v) is 1.53. The number of oxazole rings is 1. The van der Waals surface area contributed by atoms with Gasteiger partial charge in [-0.05, 0) is 19.1 Å². The van der Waals surface area contributed by atoms with E-state index in [4.69, 9.17) is 4.42 Å². The minimum atomic E-state index is 0.626. The molecule has 3 nitrogen and oxygen atoms in total. The Labute approximate surface area is 70.1 Å². The smallest absolute Gasteiger partial charge is 0.227 e. The fraction of sp³-hybridized carbons (Fsp3) is 0.111. The minimum absolute atomic E-state index is 0.626. The maximum Gasteiger partial charge on any atom is 0.227 e. The molecule has 0 amide bonds. The van der Waals surface area contributed by atoms with Crippen molar-refractivity contribution < 1.29 is 4.42 Å². The third kappa shape index (κ3) is 1.21. The number of nitrogens with zero attached hydrogens (tertiary/aromatic N) is 2. The highest BCUT2D eigenvalue weighted by Gasteiger charge is 2.02. The van der Waals surface area contributed by atoms with E-state index in [1.807, 2.05) is 19.1 Å². The van der Waals surface area contributed by atoms with E-state index in [9.17, 15) is 0 Å². The molecule has 12 heavy (non-hydrogen) atoms. The largest absolute Gasteiger partial charge is 0.441 e. The predicted octanol–water partition coefficient (Wildman–Crippen LogP) is 2.05. The normalized spacial score (nSPS) is 10.1. The second-order valence-corrected chi connectivity index (χ2v) is 2.52. The molecule has 3 heteroatoms. The summed E-state index contributed by atoms with van der Waals surface area (Å²) >= 11 is 0. The van der Waals surface area contributed by atoms with Gasteiger partial charge in [-0.15, -0.1) is 0 Å². The van der Waals surface area contributed by atoms with Crippen LogP contribution in [-0.4, -0.2) is 9.97 Å². The number of aromatic nitrogens is 2. The van der Waals surface area contributed by atoms with Crippen molar-refractivity contribution in [3.05, 3.63) is 36.5 Å². The monoisotopic (exact) mass is 160 g/mol. The van der Waals surface area contributed by atoms with Crippen LogP contribution in [0, 0.1) is 6.92 Å². The van der Waals surface area contributed by atoms with Crippen LogP contribution in [0.2, 0.25) is 0 Å². The summed E-state index contributed by atoms with van der Waals surface area (Å²) < 4.78 is 5.32. The molecular weight excluding hydrogens is 152 g/mol. The third-order valence-electron chi connectivity index (χ3n) is 1.53. The number of pyridine rings is 1. The molecule has 0 atom stereocenters. The first-order valence-electron chi connectivity index (χ1n) is 3.69. The number of aryl methyl sites for hydroxylation is 1. The van der Waals surface area contributed by atoms with Crippen LogP contribution in [0.25, 0.3) is 11.5 Å². The Hall–Kier alpha value is -1.64. The molecule has 0 unspecified atom stereocenters. The van der Waals surface area contributed by atoms with Crippen LogP contribution in [0.3, 0.4) is 0 Å². The second-order valence-electron chi connectivity index (χ2n) is 2.52. The summed E-state index contributed by atoms with van der Waals surface area (Å²) in [7, 11) is 0. The van der Waals surface area contributed by atoms with Crippen molar-refractivity contribution in [1.82, 2.24) is 9.97 Å². The Kier molecular flexibility index (Phi) is 1.63. The average Bonchev–Trinajstić information content (AvgIpc) is 2.54. The topological polar surface area (TPSA) is 38.9 Å². The highest BCUT2D eigenvalue weighted by atomic mass is 16.4. The molecule has 2 heterocycles. The van der Waals surface area contributed by atoms with Crippen LogP contribution in [-0.2, 0) is 0 Å². The first-order valence-corrected chi connectivity index (χ1v) is 3.69. The molecule has 0 aliphatic carbocycles. The highest BCUT2D eigenvalue weighted by molar-refractivity contribution is 5.50. The van der Waals surface area contributed by atoms with Gasteiger partial charge in [0.15, 0.2) is 0 Å². The molecule has 0 saturated heterocycles. The van der Waals surface area contributed by atoms with Gasteiger partial charge < -0.3 is 4.42 Å². The van der Waals surface area contributed by atoms with Crippen molar-refractivity contribution in [3.63, 3.8) is 0 Å². The fourth-order valence-corrected chi connectivity index (χ4v) is 0.977. The van der Waals surface area contributed by atoms with Crippen molar-refractivity contribution in [2.24, 2.45) is 0 Å². The lowest BCUT2D eigenvalue weighted by Gasteiger charge is -1.91. The quantitative estimate of drug-likeness (QED) is 0.640. The maximum atomic E-state index is 5.32. The molecule has 2 rings (SSSR count). The molecule has 0 N–H and O–H groups in total. The lowest BCUT2D eigenvalue weighted by atomic mass is 10.3. The Balaban J connectivity index is 2.45. The molecular formula is C9H8N2O. The molecule has 0 spiro atoms. The molecule has 0 aliphatic heterocycles. The van der Waals surface area contributed by atoms with Crippen LogP contribution in [0.4, 0.5) is 0 Å².